The molecule has 1 saturated heterocycles. The molecule has 6 rings (SSSR count). The number of piperidine rings is 1. The van der Waals surface area contributed by atoms with Gasteiger partial charge in [0.15, 0.2) is 6.04 Å². The van der Waals surface area contributed by atoms with Crippen molar-refractivity contribution in [3.05, 3.63) is 75.8 Å². The minimum atomic E-state index is -1.10. The molecule has 2 aromatic carbocycles. The Morgan fingerprint density at radius 2 is 1.82 bits per heavy atom. The first-order valence-corrected chi connectivity index (χ1v) is 15.9. The van der Waals surface area contributed by atoms with Gasteiger partial charge in [0.25, 0.3) is 5.91 Å². The van der Waals surface area contributed by atoms with Crippen molar-refractivity contribution in [1.29, 1.82) is 0 Å². The zero-order valence-electron chi connectivity index (χ0n) is 26.0. The maximum atomic E-state index is 14.2. The number of carbonyl (C=O) groups is 3. The summed E-state index contributed by atoms with van der Waals surface area (Å²) in [7, 11) is 0. The Balaban J connectivity index is 1.19. The quantitative estimate of drug-likeness (QED) is 0.288. The van der Waals surface area contributed by atoms with Crippen LogP contribution in [0.4, 0.5) is 9.18 Å². The standard InChI is InChI=1S/C34H38ClFN4O5/c1-5-44-32(42)30(29-28-16-24(36)17-39(28)19-37-29)40-18-26-25(31(40)41)14-23(15-27(26)35)21-8-6-20(7-9-21)22-10-12-38(13-11-22)33(43)45-34(2,3)4/h6-9,14-15,19,22,24,30H,5,10-13,16-18H2,1-4H3/t24-,30?/m1/s1. The average molecular weight is 637 g/mol. The molecule has 1 fully saturated rings. The van der Waals surface area contributed by atoms with Gasteiger partial charge in [0, 0.05) is 47.9 Å². The number of hydrogen-bond acceptors (Lipinski definition) is 6. The topological polar surface area (TPSA) is 94.0 Å². The Morgan fingerprint density at radius 3 is 2.49 bits per heavy atom. The van der Waals surface area contributed by atoms with Gasteiger partial charge in [-0.25, -0.2) is 19.0 Å². The lowest BCUT2D eigenvalue weighted by Gasteiger charge is -2.33. The molecule has 1 aromatic heterocycles. The Kier molecular flexibility index (Phi) is 8.37. The molecule has 2 amide bonds. The number of alkyl halides is 1. The molecule has 3 aromatic rings. The monoisotopic (exact) mass is 636 g/mol. The number of fused-ring (bicyclic) bond motifs is 2. The van der Waals surface area contributed by atoms with E-state index < -0.39 is 23.8 Å². The molecule has 3 aliphatic rings. The number of nitrogens with zero attached hydrogens (tertiary/aromatic N) is 4. The van der Waals surface area contributed by atoms with E-state index in [1.807, 2.05) is 45.0 Å². The van der Waals surface area contributed by atoms with Crippen molar-refractivity contribution >= 4 is 29.6 Å². The highest BCUT2D eigenvalue weighted by atomic mass is 35.5. The highest BCUT2D eigenvalue weighted by molar-refractivity contribution is 6.32. The highest BCUT2D eigenvalue weighted by Crippen LogP contribution is 2.40. The number of halogens is 2. The van der Waals surface area contributed by atoms with E-state index in [0.29, 0.717) is 46.5 Å². The van der Waals surface area contributed by atoms with Crippen LogP contribution in [0.15, 0.2) is 42.7 Å². The lowest BCUT2D eigenvalue weighted by Crippen LogP contribution is -2.41. The predicted octanol–water partition coefficient (Wildman–Crippen LogP) is 6.47. The zero-order valence-corrected chi connectivity index (χ0v) is 26.8. The smallest absolute Gasteiger partial charge is 0.410 e. The number of amides is 2. The van der Waals surface area contributed by atoms with E-state index in [1.165, 1.54) is 16.8 Å². The van der Waals surface area contributed by atoms with E-state index in [9.17, 15) is 18.8 Å². The van der Waals surface area contributed by atoms with Gasteiger partial charge >= 0.3 is 12.1 Å². The van der Waals surface area contributed by atoms with Crippen molar-refractivity contribution in [2.75, 3.05) is 19.7 Å². The number of rotatable bonds is 6. The number of hydrogen-bond donors (Lipinski definition) is 0. The van der Waals surface area contributed by atoms with Crippen LogP contribution in [0.1, 0.15) is 85.4 Å². The summed E-state index contributed by atoms with van der Waals surface area (Å²) in [5.41, 5.74) is 4.37. The second kappa shape index (κ2) is 12.1. The Morgan fingerprint density at radius 1 is 1.11 bits per heavy atom. The first-order valence-electron chi connectivity index (χ1n) is 15.5. The van der Waals surface area contributed by atoms with Gasteiger partial charge in [-0.15, -0.1) is 0 Å². The largest absolute Gasteiger partial charge is 0.464 e. The SMILES string of the molecule is CCOC(=O)C(c1ncn2c1C[C@@H](F)C2)N1Cc2c(Cl)cc(-c3ccc(C4CCN(C(=O)OC(C)(C)C)CC4)cc3)cc2C1=O. The van der Waals surface area contributed by atoms with Gasteiger partial charge in [-0.2, -0.15) is 0 Å². The Labute approximate surface area is 267 Å². The lowest BCUT2D eigenvalue weighted by molar-refractivity contribution is -0.149. The third-order valence-corrected chi connectivity index (χ3v) is 9.08. The van der Waals surface area contributed by atoms with Gasteiger partial charge in [0.05, 0.1) is 25.2 Å². The fourth-order valence-corrected chi connectivity index (χ4v) is 6.84. The van der Waals surface area contributed by atoms with Crippen molar-refractivity contribution in [3.63, 3.8) is 0 Å². The number of likely N-dealkylation sites (tertiary alicyclic amines) is 1. The fourth-order valence-electron chi connectivity index (χ4n) is 6.56. The lowest BCUT2D eigenvalue weighted by atomic mass is 9.88. The van der Waals surface area contributed by atoms with Crippen molar-refractivity contribution in [3.8, 4) is 11.1 Å². The second-order valence-electron chi connectivity index (χ2n) is 13.0. The number of imidazole rings is 1. The minimum absolute atomic E-state index is 0.114. The number of aromatic nitrogens is 2. The summed E-state index contributed by atoms with van der Waals surface area (Å²) in [5, 5.41) is 0.429. The molecule has 0 radical (unpaired) electrons. The van der Waals surface area contributed by atoms with Crippen LogP contribution in [-0.2, 0) is 33.8 Å². The molecular formula is C34H38ClFN4O5. The first kappa shape index (κ1) is 31.1. The van der Waals surface area contributed by atoms with Crippen LogP contribution in [0.3, 0.4) is 0 Å². The van der Waals surface area contributed by atoms with Crippen molar-refractivity contribution in [2.24, 2.45) is 0 Å². The molecule has 1 unspecified atom stereocenters. The van der Waals surface area contributed by atoms with Gasteiger partial charge < -0.3 is 23.8 Å². The van der Waals surface area contributed by atoms with Crippen molar-refractivity contribution < 1.29 is 28.2 Å². The van der Waals surface area contributed by atoms with E-state index in [-0.39, 0.29) is 38.1 Å². The van der Waals surface area contributed by atoms with Gasteiger partial charge in [-0.05, 0) is 75.3 Å². The Bertz CT molecular complexity index is 1620. The number of carbonyl (C=O) groups excluding carboxylic acids is 3. The van der Waals surface area contributed by atoms with Gasteiger partial charge in [0.1, 0.15) is 11.8 Å². The molecule has 238 valence electrons. The summed E-state index contributed by atoms with van der Waals surface area (Å²) in [6.45, 7) is 9.01. The van der Waals surface area contributed by atoms with Crippen LogP contribution in [-0.4, -0.2) is 68.8 Å². The zero-order chi connectivity index (χ0) is 32.0. The van der Waals surface area contributed by atoms with Crippen LogP contribution >= 0.6 is 11.6 Å². The second-order valence-corrected chi connectivity index (χ2v) is 13.4. The predicted molar refractivity (Wildman–Crippen MR) is 167 cm³/mol. The fraction of sp³-hybridized carbons (Fsp3) is 0.471. The molecule has 11 heteroatoms. The summed E-state index contributed by atoms with van der Waals surface area (Å²) in [6, 6.07) is 10.8. The van der Waals surface area contributed by atoms with Gasteiger partial charge in [0.2, 0.25) is 0 Å². The number of benzene rings is 2. The molecule has 0 N–H and O–H groups in total. The van der Waals surface area contributed by atoms with Crippen LogP contribution in [0.5, 0.6) is 0 Å². The summed E-state index contributed by atoms with van der Waals surface area (Å²) in [6.07, 6.45) is 2.01. The van der Waals surface area contributed by atoms with Crippen LogP contribution < -0.4 is 0 Å². The Hall–Kier alpha value is -3.92. The number of ether oxygens (including phenoxy) is 2. The molecule has 9 nitrogen and oxygen atoms in total. The molecule has 0 spiro atoms. The summed E-state index contributed by atoms with van der Waals surface area (Å²) >= 11 is 6.76. The molecule has 0 aliphatic carbocycles. The summed E-state index contributed by atoms with van der Waals surface area (Å²) in [4.78, 5) is 47.2. The summed E-state index contributed by atoms with van der Waals surface area (Å²) < 4.78 is 26.8. The molecular weight excluding hydrogens is 599 g/mol. The molecule has 4 heterocycles. The highest BCUT2D eigenvalue weighted by Gasteiger charge is 2.43. The van der Waals surface area contributed by atoms with Gasteiger partial charge in [-0.3, -0.25) is 4.79 Å². The molecule has 45 heavy (non-hydrogen) atoms. The molecule has 3 aliphatic heterocycles. The summed E-state index contributed by atoms with van der Waals surface area (Å²) in [5.74, 6) is -0.628. The minimum Gasteiger partial charge on any atom is -0.464 e. The third-order valence-electron chi connectivity index (χ3n) is 8.75. The van der Waals surface area contributed by atoms with Crippen LogP contribution in [0, 0.1) is 0 Å². The number of esters is 1. The molecule has 0 saturated carbocycles. The van der Waals surface area contributed by atoms with Crippen LogP contribution in [0.25, 0.3) is 11.1 Å². The van der Waals surface area contributed by atoms with Gasteiger partial charge in [-0.1, -0.05) is 35.9 Å². The first-order chi connectivity index (χ1) is 21.4. The van der Waals surface area contributed by atoms with E-state index >= 15 is 0 Å². The molecule has 2 atom stereocenters. The molecule has 0 bridgehead atoms. The van der Waals surface area contributed by atoms with E-state index in [0.717, 1.165) is 24.0 Å². The maximum Gasteiger partial charge on any atom is 0.410 e. The maximum absolute atomic E-state index is 14.2. The van der Waals surface area contributed by atoms with E-state index in [2.05, 4.69) is 17.1 Å². The van der Waals surface area contributed by atoms with E-state index in [1.54, 1.807) is 16.4 Å². The van der Waals surface area contributed by atoms with Crippen molar-refractivity contribution in [1.82, 2.24) is 19.4 Å². The average Bonchev–Trinajstić information content (AvgIpc) is 3.66. The normalized spacial score (nSPS) is 19.0. The van der Waals surface area contributed by atoms with E-state index in [4.69, 9.17) is 21.1 Å². The van der Waals surface area contributed by atoms with Crippen molar-refractivity contribution in [2.45, 2.75) is 83.8 Å². The third kappa shape index (κ3) is 6.17. The van der Waals surface area contributed by atoms with Crippen LogP contribution in [0.2, 0.25) is 5.02 Å².